The van der Waals surface area contributed by atoms with Crippen molar-refractivity contribution in [1.29, 1.82) is 0 Å². The highest BCUT2D eigenvalue weighted by atomic mass is 79.9. The highest BCUT2D eigenvalue weighted by Crippen LogP contribution is 2.33. The molecule has 0 spiro atoms. The van der Waals surface area contributed by atoms with Crippen molar-refractivity contribution < 1.29 is 19.4 Å². The highest BCUT2D eigenvalue weighted by molar-refractivity contribution is 9.10. The number of hydrogen-bond donors (Lipinski definition) is 1. The van der Waals surface area contributed by atoms with Gasteiger partial charge in [-0.05, 0) is 47.0 Å². The Balaban J connectivity index is 3.57. The number of carbonyl (C=O) groups is 2. The Morgan fingerprint density at radius 1 is 1.38 bits per heavy atom. The summed E-state index contributed by atoms with van der Waals surface area (Å²) >= 11 is 3.24. The van der Waals surface area contributed by atoms with Gasteiger partial charge in [0.15, 0.2) is 0 Å². The van der Waals surface area contributed by atoms with Crippen LogP contribution in [0.2, 0.25) is 0 Å². The molecule has 1 aromatic rings. The molecule has 4 nitrogen and oxygen atoms in total. The second kappa shape index (κ2) is 4.65. The van der Waals surface area contributed by atoms with Gasteiger partial charge in [-0.15, -0.1) is 0 Å². The summed E-state index contributed by atoms with van der Waals surface area (Å²) in [6.07, 6.45) is 0. The first-order chi connectivity index (χ1) is 7.40. The molecule has 0 saturated heterocycles. The van der Waals surface area contributed by atoms with E-state index in [9.17, 15) is 9.59 Å². The van der Waals surface area contributed by atoms with Gasteiger partial charge in [0.2, 0.25) is 0 Å². The summed E-state index contributed by atoms with van der Waals surface area (Å²) in [7, 11) is 1.40. The molecule has 0 aliphatic rings. The molecule has 0 aromatic heterocycles. The molecule has 0 saturated carbocycles. The molecule has 0 aliphatic heterocycles. The Kier molecular flexibility index (Phi) is 3.70. The Labute approximate surface area is 101 Å². The zero-order valence-corrected chi connectivity index (χ0v) is 10.7. The van der Waals surface area contributed by atoms with Crippen LogP contribution >= 0.6 is 15.9 Å². The molecule has 0 unspecified atom stereocenters. The van der Waals surface area contributed by atoms with E-state index in [-0.39, 0.29) is 11.3 Å². The van der Waals surface area contributed by atoms with Crippen LogP contribution in [0.1, 0.15) is 21.5 Å². The van der Waals surface area contributed by atoms with Crippen molar-refractivity contribution in [2.24, 2.45) is 0 Å². The lowest BCUT2D eigenvalue weighted by Gasteiger charge is -2.13. The fraction of sp³-hybridized carbons (Fsp3) is 0.273. The standard InChI is InChI=1S/C11H11BrO4/c1-5-4-7(12)10(16-3)8(6(5)2)9(13)11(14)15/h4H,1-3H3,(H,14,15). The van der Waals surface area contributed by atoms with E-state index in [0.29, 0.717) is 10.0 Å². The van der Waals surface area contributed by atoms with Crippen LogP contribution in [-0.4, -0.2) is 24.0 Å². The van der Waals surface area contributed by atoms with Gasteiger partial charge >= 0.3 is 5.97 Å². The quantitative estimate of drug-likeness (QED) is 0.684. The second-order valence-corrected chi connectivity index (χ2v) is 4.20. The van der Waals surface area contributed by atoms with E-state index in [1.165, 1.54) is 7.11 Å². The number of benzene rings is 1. The number of ketones is 1. The molecule has 0 atom stereocenters. The average Bonchev–Trinajstić information content (AvgIpc) is 2.21. The number of rotatable bonds is 3. The maximum atomic E-state index is 11.5. The number of Topliss-reactive ketones (excluding diaryl/α,β-unsaturated/α-hetero) is 1. The molecule has 0 heterocycles. The Morgan fingerprint density at radius 2 is 1.94 bits per heavy atom. The van der Waals surface area contributed by atoms with E-state index in [1.807, 2.05) is 0 Å². The van der Waals surface area contributed by atoms with Crippen LogP contribution in [0.25, 0.3) is 0 Å². The largest absolute Gasteiger partial charge is 0.495 e. The second-order valence-electron chi connectivity index (χ2n) is 3.34. The summed E-state index contributed by atoms with van der Waals surface area (Å²) in [5.74, 6) is -2.19. The average molecular weight is 287 g/mol. The maximum Gasteiger partial charge on any atom is 0.377 e. The van der Waals surface area contributed by atoms with E-state index in [1.54, 1.807) is 19.9 Å². The fourth-order valence-corrected chi connectivity index (χ4v) is 2.13. The molecular weight excluding hydrogens is 276 g/mol. The predicted octanol–water partition coefficient (Wildman–Crippen LogP) is 2.34. The lowest BCUT2D eigenvalue weighted by atomic mass is 9.99. The summed E-state index contributed by atoms with van der Waals surface area (Å²) in [6.45, 7) is 3.50. The summed E-state index contributed by atoms with van der Waals surface area (Å²) in [4.78, 5) is 22.3. The Morgan fingerprint density at radius 3 is 2.38 bits per heavy atom. The van der Waals surface area contributed by atoms with Crippen LogP contribution in [0.4, 0.5) is 0 Å². The first-order valence-corrected chi connectivity index (χ1v) is 5.30. The molecule has 0 radical (unpaired) electrons. The van der Waals surface area contributed by atoms with Crippen molar-refractivity contribution in [2.75, 3.05) is 7.11 Å². The lowest BCUT2D eigenvalue weighted by Crippen LogP contribution is -2.16. The summed E-state index contributed by atoms with van der Waals surface area (Å²) in [5.41, 5.74) is 1.55. The number of hydrogen-bond acceptors (Lipinski definition) is 3. The minimum atomic E-state index is -1.49. The van der Waals surface area contributed by atoms with Gasteiger partial charge in [-0.25, -0.2) is 4.79 Å². The molecule has 0 bridgehead atoms. The number of halogens is 1. The topological polar surface area (TPSA) is 63.6 Å². The summed E-state index contributed by atoms with van der Waals surface area (Å²) in [6, 6.07) is 1.78. The number of methoxy groups -OCH3 is 1. The third-order valence-electron chi connectivity index (χ3n) is 2.38. The predicted molar refractivity (Wildman–Crippen MR) is 62.1 cm³/mol. The van der Waals surface area contributed by atoms with Gasteiger partial charge in [-0.2, -0.15) is 0 Å². The number of aryl methyl sites for hydroxylation is 1. The minimum Gasteiger partial charge on any atom is -0.495 e. The van der Waals surface area contributed by atoms with Crippen molar-refractivity contribution in [3.05, 3.63) is 27.2 Å². The summed E-state index contributed by atoms with van der Waals surface area (Å²) in [5, 5.41) is 8.74. The van der Waals surface area contributed by atoms with Crippen molar-refractivity contribution in [3.8, 4) is 5.75 Å². The smallest absolute Gasteiger partial charge is 0.377 e. The van der Waals surface area contributed by atoms with Crippen LogP contribution in [0.3, 0.4) is 0 Å². The minimum absolute atomic E-state index is 0.0990. The highest BCUT2D eigenvalue weighted by Gasteiger charge is 2.24. The molecule has 0 aliphatic carbocycles. The normalized spacial score (nSPS) is 10.0. The molecule has 86 valence electrons. The van der Waals surface area contributed by atoms with Crippen molar-refractivity contribution >= 4 is 27.7 Å². The zero-order valence-electron chi connectivity index (χ0n) is 9.13. The fourth-order valence-electron chi connectivity index (χ4n) is 1.43. The first-order valence-electron chi connectivity index (χ1n) is 4.51. The molecule has 5 heteroatoms. The van der Waals surface area contributed by atoms with Crippen LogP contribution in [-0.2, 0) is 4.79 Å². The van der Waals surface area contributed by atoms with E-state index in [4.69, 9.17) is 9.84 Å². The molecule has 16 heavy (non-hydrogen) atoms. The van der Waals surface area contributed by atoms with E-state index in [0.717, 1.165) is 5.56 Å². The third kappa shape index (κ3) is 2.09. The molecule has 1 rings (SSSR count). The van der Waals surface area contributed by atoms with Gasteiger partial charge in [-0.1, -0.05) is 0 Å². The number of aliphatic carboxylic acids is 1. The lowest BCUT2D eigenvalue weighted by molar-refractivity contribution is -0.131. The SMILES string of the molecule is COc1c(Br)cc(C)c(C)c1C(=O)C(=O)O. The summed E-state index contributed by atoms with van der Waals surface area (Å²) < 4.78 is 5.62. The van der Waals surface area contributed by atoms with Gasteiger partial charge in [0, 0.05) is 0 Å². The number of carbonyl (C=O) groups excluding carboxylic acids is 1. The number of carboxylic acids is 1. The first kappa shape index (κ1) is 12.7. The van der Waals surface area contributed by atoms with Gasteiger partial charge in [0.05, 0.1) is 17.1 Å². The van der Waals surface area contributed by atoms with Crippen molar-refractivity contribution in [2.45, 2.75) is 13.8 Å². The Bertz CT molecular complexity index is 466. The number of carboxylic acid groups (broad SMARTS) is 1. The molecular formula is C11H11BrO4. The molecule has 0 fully saturated rings. The van der Waals surface area contributed by atoms with E-state index < -0.39 is 11.8 Å². The molecule has 1 N–H and O–H groups in total. The third-order valence-corrected chi connectivity index (χ3v) is 2.97. The van der Waals surface area contributed by atoms with Gasteiger partial charge in [0.1, 0.15) is 5.75 Å². The maximum absolute atomic E-state index is 11.5. The van der Waals surface area contributed by atoms with E-state index in [2.05, 4.69) is 15.9 Å². The monoisotopic (exact) mass is 286 g/mol. The van der Waals surface area contributed by atoms with Crippen LogP contribution in [0, 0.1) is 13.8 Å². The van der Waals surface area contributed by atoms with E-state index >= 15 is 0 Å². The van der Waals surface area contributed by atoms with Crippen molar-refractivity contribution in [1.82, 2.24) is 0 Å². The van der Waals surface area contributed by atoms with Crippen LogP contribution in [0.5, 0.6) is 5.75 Å². The van der Waals surface area contributed by atoms with Crippen LogP contribution < -0.4 is 4.74 Å². The van der Waals surface area contributed by atoms with Gasteiger partial charge in [-0.3, -0.25) is 4.79 Å². The van der Waals surface area contributed by atoms with Crippen LogP contribution in [0.15, 0.2) is 10.5 Å². The van der Waals surface area contributed by atoms with Gasteiger partial charge < -0.3 is 9.84 Å². The van der Waals surface area contributed by atoms with Gasteiger partial charge in [0.25, 0.3) is 5.78 Å². The van der Waals surface area contributed by atoms with Crippen molar-refractivity contribution in [3.63, 3.8) is 0 Å². The Hall–Kier alpha value is -1.36. The number of ether oxygens (including phenoxy) is 1. The molecule has 1 aromatic carbocycles. The zero-order chi connectivity index (χ0) is 12.5. The molecule has 0 amide bonds.